The number of aryl methyl sites for hydroxylation is 2. The van der Waals surface area contributed by atoms with E-state index in [1.54, 1.807) is 0 Å². The third-order valence-electron chi connectivity index (χ3n) is 3.88. The minimum Gasteiger partial charge on any atom is -0.492 e. The van der Waals surface area contributed by atoms with E-state index in [0.717, 1.165) is 11.3 Å². The van der Waals surface area contributed by atoms with Crippen LogP contribution in [0.5, 0.6) is 5.75 Å². The Balaban J connectivity index is 2.61. The van der Waals surface area contributed by atoms with Gasteiger partial charge in [0, 0.05) is 22.5 Å². The average Bonchev–Trinajstić information content (AvgIpc) is 2.70. The van der Waals surface area contributed by atoms with Gasteiger partial charge < -0.3 is 14.7 Å². The van der Waals surface area contributed by atoms with E-state index >= 15 is 0 Å². The highest BCUT2D eigenvalue weighted by Crippen LogP contribution is 2.40. The Kier molecular flexibility index (Phi) is 2.98. The van der Waals surface area contributed by atoms with Gasteiger partial charge in [-0.1, -0.05) is 0 Å². The third kappa shape index (κ3) is 1.96. The Morgan fingerprint density at radius 3 is 2.27 bits per heavy atom. The number of fused-ring (bicyclic) bond motifs is 2. The summed E-state index contributed by atoms with van der Waals surface area (Å²) in [6, 6.07) is 2.01. The van der Waals surface area contributed by atoms with E-state index in [1.165, 1.54) is 13.2 Å². The Morgan fingerprint density at radius 1 is 1.05 bits per heavy atom. The molecule has 4 nitrogen and oxygen atoms in total. The molecule has 0 amide bonds. The van der Waals surface area contributed by atoms with Gasteiger partial charge in [-0.25, -0.2) is 0 Å². The van der Waals surface area contributed by atoms with E-state index in [4.69, 9.17) is 4.74 Å². The summed E-state index contributed by atoms with van der Waals surface area (Å²) in [4.78, 5) is 17.1. The van der Waals surface area contributed by atoms with Crippen LogP contribution >= 0.6 is 0 Å². The second kappa shape index (κ2) is 4.53. The van der Waals surface area contributed by atoms with Gasteiger partial charge in [-0.15, -0.1) is 0 Å². The largest absolute Gasteiger partial charge is 0.492 e. The first-order valence-corrected chi connectivity index (χ1v) is 6.54. The molecule has 0 radical (unpaired) electrons. The molecule has 2 heterocycles. The zero-order valence-electron chi connectivity index (χ0n) is 12.1. The van der Waals surface area contributed by atoms with Crippen molar-refractivity contribution < 1.29 is 17.9 Å². The topological polar surface area (TPSA) is 57.9 Å². The van der Waals surface area contributed by atoms with Gasteiger partial charge in [0.05, 0.1) is 23.7 Å². The number of halogens is 3. The lowest BCUT2D eigenvalue weighted by Crippen LogP contribution is -2.14. The molecule has 0 saturated carbocycles. The maximum absolute atomic E-state index is 13.2. The summed E-state index contributed by atoms with van der Waals surface area (Å²) in [6.07, 6.45) is -4.62. The van der Waals surface area contributed by atoms with Crippen LogP contribution in [-0.4, -0.2) is 17.1 Å². The maximum Gasteiger partial charge on any atom is 0.417 e. The maximum atomic E-state index is 13.2. The molecule has 0 bridgehead atoms. The lowest BCUT2D eigenvalue weighted by molar-refractivity contribution is -0.136. The molecule has 3 rings (SSSR count). The van der Waals surface area contributed by atoms with Gasteiger partial charge >= 0.3 is 6.18 Å². The number of rotatable bonds is 1. The summed E-state index contributed by atoms with van der Waals surface area (Å²) in [5, 5.41) is 0.554. The summed E-state index contributed by atoms with van der Waals surface area (Å²) in [7, 11) is 1.36. The van der Waals surface area contributed by atoms with E-state index < -0.39 is 17.3 Å². The number of aromatic nitrogens is 2. The molecule has 116 valence electrons. The normalized spacial score (nSPS) is 12.3. The number of hydrogen-bond donors (Lipinski definition) is 2. The lowest BCUT2D eigenvalue weighted by atomic mass is 10.0. The number of alkyl halides is 3. The van der Waals surface area contributed by atoms with Crippen molar-refractivity contribution in [2.24, 2.45) is 0 Å². The summed E-state index contributed by atoms with van der Waals surface area (Å²) in [5.41, 5.74) is 0.493. The minimum absolute atomic E-state index is 0.0380. The molecule has 0 atom stereocenters. The van der Waals surface area contributed by atoms with Crippen LogP contribution in [0.4, 0.5) is 13.2 Å². The number of hydrogen-bond acceptors (Lipinski definition) is 2. The van der Waals surface area contributed by atoms with Crippen LogP contribution in [0.3, 0.4) is 0 Å². The lowest BCUT2D eigenvalue weighted by Gasteiger charge is -2.13. The standard InChI is InChI=1S/C15H13F3N2O2/c1-6-7(2)19-12-8(6)4-9-10(15(16,17)18)5-11(21)20-13(9)14(12)22-3/h4-5,19H,1-3H3,(H,20,21). The molecule has 3 aromatic rings. The van der Waals surface area contributed by atoms with Crippen LogP contribution in [0.15, 0.2) is 16.9 Å². The fourth-order valence-corrected chi connectivity index (χ4v) is 2.70. The number of methoxy groups -OCH3 is 1. The number of H-pyrrole nitrogens is 2. The molecule has 0 aliphatic rings. The molecule has 0 aliphatic heterocycles. The van der Waals surface area contributed by atoms with E-state index in [1.807, 2.05) is 13.8 Å². The van der Waals surface area contributed by atoms with Gasteiger partial charge in [-0.05, 0) is 25.5 Å². The summed E-state index contributed by atoms with van der Waals surface area (Å²) < 4.78 is 45.0. The van der Waals surface area contributed by atoms with Crippen molar-refractivity contribution in [2.75, 3.05) is 7.11 Å². The predicted octanol–water partition coefficient (Wildman–Crippen LogP) is 3.65. The minimum atomic E-state index is -4.62. The Hall–Kier alpha value is -2.44. The average molecular weight is 310 g/mol. The molecule has 22 heavy (non-hydrogen) atoms. The van der Waals surface area contributed by atoms with Gasteiger partial charge in [0.1, 0.15) is 0 Å². The molecular formula is C15H13F3N2O2. The first-order chi connectivity index (χ1) is 10.2. The smallest absolute Gasteiger partial charge is 0.417 e. The second-order valence-electron chi connectivity index (χ2n) is 5.17. The Morgan fingerprint density at radius 2 is 1.68 bits per heavy atom. The highest BCUT2D eigenvalue weighted by Gasteiger charge is 2.34. The highest BCUT2D eigenvalue weighted by molar-refractivity contribution is 6.05. The molecule has 0 unspecified atom stereocenters. The zero-order chi connectivity index (χ0) is 16.2. The van der Waals surface area contributed by atoms with Crippen LogP contribution < -0.4 is 10.3 Å². The zero-order valence-corrected chi connectivity index (χ0v) is 12.1. The number of benzene rings is 1. The number of aromatic amines is 2. The molecule has 0 fully saturated rings. The number of nitrogens with one attached hydrogen (secondary N) is 2. The first kappa shape index (κ1) is 14.5. The van der Waals surface area contributed by atoms with Gasteiger partial charge in [0.2, 0.25) is 5.56 Å². The van der Waals surface area contributed by atoms with Gasteiger partial charge in [-0.2, -0.15) is 13.2 Å². The molecule has 0 aliphatic carbocycles. The fraction of sp³-hybridized carbons (Fsp3) is 0.267. The molecule has 0 saturated heterocycles. The molecule has 2 N–H and O–H groups in total. The van der Waals surface area contributed by atoms with Crippen molar-refractivity contribution in [3.05, 3.63) is 39.3 Å². The van der Waals surface area contributed by atoms with E-state index in [9.17, 15) is 18.0 Å². The first-order valence-electron chi connectivity index (χ1n) is 6.54. The van der Waals surface area contributed by atoms with Crippen molar-refractivity contribution in [3.63, 3.8) is 0 Å². The van der Waals surface area contributed by atoms with E-state index in [2.05, 4.69) is 9.97 Å². The summed E-state index contributed by atoms with van der Waals surface area (Å²) >= 11 is 0. The third-order valence-corrected chi connectivity index (χ3v) is 3.88. The van der Waals surface area contributed by atoms with Crippen LogP contribution in [0.2, 0.25) is 0 Å². The van der Waals surface area contributed by atoms with Crippen LogP contribution in [0.25, 0.3) is 21.8 Å². The predicted molar refractivity (Wildman–Crippen MR) is 77.5 cm³/mol. The van der Waals surface area contributed by atoms with Crippen LogP contribution in [0, 0.1) is 13.8 Å². The van der Waals surface area contributed by atoms with Crippen molar-refractivity contribution >= 4 is 21.8 Å². The van der Waals surface area contributed by atoms with Gasteiger partial charge in [0.15, 0.2) is 5.75 Å². The van der Waals surface area contributed by atoms with Crippen molar-refractivity contribution in [1.82, 2.24) is 9.97 Å². The quantitative estimate of drug-likeness (QED) is 0.721. The molecule has 1 aromatic carbocycles. The fourth-order valence-electron chi connectivity index (χ4n) is 2.70. The molecule has 0 spiro atoms. The monoisotopic (exact) mass is 310 g/mol. The highest BCUT2D eigenvalue weighted by atomic mass is 19.4. The molecule has 2 aromatic heterocycles. The second-order valence-corrected chi connectivity index (χ2v) is 5.17. The Bertz CT molecular complexity index is 951. The number of pyridine rings is 1. The van der Waals surface area contributed by atoms with E-state index in [-0.39, 0.29) is 16.7 Å². The van der Waals surface area contributed by atoms with Gasteiger partial charge in [-0.3, -0.25) is 4.79 Å². The van der Waals surface area contributed by atoms with E-state index in [0.29, 0.717) is 17.0 Å². The summed E-state index contributed by atoms with van der Waals surface area (Å²) in [6.45, 7) is 3.64. The van der Waals surface area contributed by atoms with Crippen molar-refractivity contribution in [3.8, 4) is 5.75 Å². The molecular weight excluding hydrogens is 297 g/mol. The van der Waals surface area contributed by atoms with Gasteiger partial charge in [0.25, 0.3) is 0 Å². The van der Waals surface area contributed by atoms with Crippen molar-refractivity contribution in [1.29, 1.82) is 0 Å². The molecule has 7 heteroatoms. The Labute approximate surface area is 122 Å². The van der Waals surface area contributed by atoms with Crippen LogP contribution in [0.1, 0.15) is 16.8 Å². The SMILES string of the molecule is COc1c2[nH]c(=O)cc(C(F)(F)F)c2cc2c(C)c(C)[nH]c12. The van der Waals surface area contributed by atoms with Crippen LogP contribution in [-0.2, 0) is 6.18 Å². The number of ether oxygens (including phenoxy) is 1. The van der Waals surface area contributed by atoms with Crippen molar-refractivity contribution in [2.45, 2.75) is 20.0 Å². The summed E-state index contributed by atoms with van der Waals surface area (Å²) in [5.74, 6) is 0.201.